The van der Waals surface area contributed by atoms with Crippen molar-refractivity contribution in [1.29, 1.82) is 0 Å². The molecule has 0 atom stereocenters. The fraction of sp³-hybridized carbons (Fsp3) is 0.200. The van der Waals surface area contributed by atoms with Crippen LogP contribution in [0.15, 0.2) is 42.6 Å². The van der Waals surface area contributed by atoms with Gasteiger partial charge in [0.05, 0.1) is 12.7 Å². The molecule has 0 N–H and O–H groups in total. The van der Waals surface area contributed by atoms with Crippen molar-refractivity contribution >= 4 is 23.3 Å². The van der Waals surface area contributed by atoms with Gasteiger partial charge in [0.15, 0.2) is 0 Å². The largest absolute Gasteiger partial charge is 0.496 e. The van der Waals surface area contributed by atoms with Crippen LogP contribution in [0.1, 0.15) is 10.4 Å². The number of methoxy groups -OCH3 is 1. The van der Waals surface area contributed by atoms with Gasteiger partial charge >= 0.3 is 6.18 Å². The van der Waals surface area contributed by atoms with E-state index in [-0.39, 0.29) is 17.1 Å². The number of benzene rings is 1. The van der Waals surface area contributed by atoms with Crippen molar-refractivity contribution in [2.24, 2.45) is 0 Å². The molecule has 0 aliphatic heterocycles. The first-order chi connectivity index (χ1) is 10.8. The molecule has 0 radical (unpaired) electrons. The second kappa shape index (κ2) is 6.87. The van der Waals surface area contributed by atoms with Gasteiger partial charge in [-0.2, -0.15) is 13.2 Å². The monoisotopic (exact) mass is 344 g/mol. The molecule has 0 bridgehead atoms. The molecule has 4 nitrogen and oxygen atoms in total. The van der Waals surface area contributed by atoms with Crippen molar-refractivity contribution in [3.63, 3.8) is 0 Å². The number of alkyl halides is 3. The Labute approximate surface area is 135 Å². The third-order valence-corrected chi connectivity index (χ3v) is 3.14. The van der Waals surface area contributed by atoms with Crippen molar-refractivity contribution < 1.29 is 22.7 Å². The lowest BCUT2D eigenvalue weighted by molar-refractivity contribution is -0.118. The number of carbonyl (C=O) groups excluding carboxylic acids is 1. The van der Waals surface area contributed by atoms with E-state index < -0.39 is 18.6 Å². The van der Waals surface area contributed by atoms with Gasteiger partial charge < -0.3 is 4.74 Å². The molecule has 1 aromatic heterocycles. The zero-order chi connectivity index (χ0) is 17.0. The quantitative estimate of drug-likeness (QED) is 0.843. The van der Waals surface area contributed by atoms with E-state index in [1.54, 1.807) is 6.07 Å². The molecule has 2 aromatic rings. The minimum absolute atomic E-state index is 0.0354. The van der Waals surface area contributed by atoms with E-state index in [4.69, 9.17) is 16.3 Å². The van der Waals surface area contributed by atoms with Crippen molar-refractivity contribution in [3.05, 3.63) is 53.2 Å². The maximum Gasteiger partial charge on any atom is 0.406 e. The summed E-state index contributed by atoms with van der Waals surface area (Å²) in [5, 5.41) is 0.304. The standard InChI is InChI=1S/C15H12ClF3N2O2/c1-23-12-8-10(16)5-6-11(12)14(22)21(9-15(17,18)19)13-4-2-3-7-20-13/h2-8H,9H2,1H3. The van der Waals surface area contributed by atoms with Gasteiger partial charge in [0.1, 0.15) is 18.1 Å². The molecule has 0 saturated heterocycles. The predicted molar refractivity (Wildman–Crippen MR) is 80.0 cm³/mol. The van der Waals surface area contributed by atoms with Crippen LogP contribution < -0.4 is 9.64 Å². The summed E-state index contributed by atoms with van der Waals surface area (Å²) in [6.07, 6.45) is -3.27. The molecule has 0 fully saturated rings. The lowest BCUT2D eigenvalue weighted by Crippen LogP contribution is -2.39. The number of hydrogen-bond acceptors (Lipinski definition) is 3. The molecular formula is C15H12ClF3N2O2. The van der Waals surface area contributed by atoms with Crippen LogP contribution in [0.3, 0.4) is 0 Å². The number of nitrogens with zero attached hydrogens (tertiary/aromatic N) is 2. The Kier molecular flexibility index (Phi) is 5.10. The number of anilines is 1. The van der Waals surface area contributed by atoms with Gasteiger partial charge in [0.25, 0.3) is 5.91 Å². The molecule has 2 rings (SSSR count). The number of pyridine rings is 1. The highest BCUT2D eigenvalue weighted by Gasteiger charge is 2.35. The van der Waals surface area contributed by atoms with Gasteiger partial charge in [-0.25, -0.2) is 4.98 Å². The van der Waals surface area contributed by atoms with Gasteiger partial charge in [-0.1, -0.05) is 17.7 Å². The SMILES string of the molecule is COc1cc(Cl)ccc1C(=O)N(CC(F)(F)F)c1ccccn1. The van der Waals surface area contributed by atoms with Crippen molar-refractivity contribution in [2.45, 2.75) is 6.18 Å². The maximum absolute atomic E-state index is 12.8. The zero-order valence-electron chi connectivity index (χ0n) is 12.0. The second-order valence-corrected chi connectivity index (χ2v) is 4.98. The molecule has 1 amide bonds. The number of aromatic nitrogens is 1. The van der Waals surface area contributed by atoms with Gasteiger partial charge in [0, 0.05) is 11.2 Å². The summed E-state index contributed by atoms with van der Waals surface area (Å²) < 4.78 is 43.5. The van der Waals surface area contributed by atoms with Gasteiger partial charge in [-0.05, 0) is 30.3 Å². The summed E-state index contributed by atoms with van der Waals surface area (Å²) in [5.41, 5.74) is -0.0354. The lowest BCUT2D eigenvalue weighted by atomic mass is 10.1. The highest BCUT2D eigenvalue weighted by atomic mass is 35.5. The molecule has 0 aliphatic carbocycles. The maximum atomic E-state index is 12.8. The van der Waals surface area contributed by atoms with E-state index in [1.165, 1.54) is 43.6 Å². The van der Waals surface area contributed by atoms with Gasteiger partial charge in [-0.15, -0.1) is 0 Å². The first kappa shape index (κ1) is 17.1. The molecule has 1 heterocycles. The molecule has 1 aromatic carbocycles. The topological polar surface area (TPSA) is 42.4 Å². The summed E-state index contributed by atoms with van der Waals surface area (Å²) in [6, 6.07) is 8.45. The van der Waals surface area contributed by atoms with E-state index in [1.807, 2.05) is 0 Å². The van der Waals surface area contributed by atoms with E-state index in [9.17, 15) is 18.0 Å². The highest BCUT2D eigenvalue weighted by Crippen LogP contribution is 2.28. The normalized spacial score (nSPS) is 11.2. The van der Waals surface area contributed by atoms with Crippen LogP contribution in [0.25, 0.3) is 0 Å². The van der Waals surface area contributed by atoms with Crippen LogP contribution in [0.5, 0.6) is 5.75 Å². The minimum Gasteiger partial charge on any atom is -0.496 e. The van der Waals surface area contributed by atoms with Crippen molar-refractivity contribution in [1.82, 2.24) is 4.98 Å². The average molecular weight is 345 g/mol. The van der Waals surface area contributed by atoms with Crippen molar-refractivity contribution in [3.8, 4) is 5.75 Å². The Morgan fingerprint density at radius 2 is 2.04 bits per heavy atom. The lowest BCUT2D eigenvalue weighted by Gasteiger charge is -2.23. The molecule has 23 heavy (non-hydrogen) atoms. The molecule has 0 saturated carbocycles. The number of halogens is 4. The van der Waals surface area contributed by atoms with E-state index in [2.05, 4.69) is 4.98 Å². The smallest absolute Gasteiger partial charge is 0.406 e. The summed E-state index contributed by atoms with van der Waals surface area (Å²) >= 11 is 5.81. The molecule has 0 aliphatic rings. The third kappa shape index (κ3) is 4.35. The minimum atomic E-state index is -4.58. The molecular weight excluding hydrogens is 333 g/mol. The highest BCUT2D eigenvalue weighted by molar-refractivity contribution is 6.31. The Balaban J connectivity index is 2.45. The Bertz CT molecular complexity index is 693. The second-order valence-electron chi connectivity index (χ2n) is 4.54. The number of rotatable bonds is 4. The molecule has 122 valence electrons. The summed E-state index contributed by atoms with van der Waals surface area (Å²) in [7, 11) is 1.30. The summed E-state index contributed by atoms with van der Waals surface area (Å²) in [6.45, 7) is -1.46. The average Bonchev–Trinajstić information content (AvgIpc) is 2.52. The van der Waals surface area contributed by atoms with Crippen LogP contribution in [-0.4, -0.2) is 30.7 Å². The van der Waals surface area contributed by atoms with E-state index in [0.717, 1.165) is 0 Å². The van der Waals surface area contributed by atoms with E-state index >= 15 is 0 Å². The number of hydrogen-bond donors (Lipinski definition) is 0. The number of carbonyl (C=O) groups is 1. The number of ether oxygens (including phenoxy) is 1. The Hall–Kier alpha value is -2.28. The van der Waals surface area contributed by atoms with Crippen LogP contribution in [0.4, 0.5) is 19.0 Å². The van der Waals surface area contributed by atoms with Gasteiger partial charge in [-0.3, -0.25) is 9.69 Å². The first-order valence-electron chi connectivity index (χ1n) is 6.45. The molecule has 8 heteroatoms. The fourth-order valence-electron chi connectivity index (χ4n) is 1.94. The van der Waals surface area contributed by atoms with Crippen LogP contribution in [0.2, 0.25) is 5.02 Å². The number of amides is 1. The van der Waals surface area contributed by atoms with Crippen molar-refractivity contribution in [2.75, 3.05) is 18.6 Å². The van der Waals surface area contributed by atoms with Crippen LogP contribution >= 0.6 is 11.6 Å². The van der Waals surface area contributed by atoms with Crippen LogP contribution in [0, 0.1) is 0 Å². The zero-order valence-corrected chi connectivity index (χ0v) is 12.7. The third-order valence-electron chi connectivity index (χ3n) is 2.90. The fourth-order valence-corrected chi connectivity index (χ4v) is 2.10. The summed E-state index contributed by atoms with van der Waals surface area (Å²) in [5.74, 6) is -0.896. The Morgan fingerprint density at radius 3 is 2.61 bits per heavy atom. The predicted octanol–water partition coefficient (Wildman–Crippen LogP) is 3.95. The Morgan fingerprint density at radius 1 is 1.30 bits per heavy atom. The first-order valence-corrected chi connectivity index (χ1v) is 6.83. The summed E-state index contributed by atoms with van der Waals surface area (Å²) in [4.78, 5) is 16.9. The van der Waals surface area contributed by atoms with E-state index in [0.29, 0.717) is 9.92 Å². The van der Waals surface area contributed by atoms with Crippen LogP contribution in [-0.2, 0) is 0 Å². The van der Waals surface area contributed by atoms with Gasteiger partial charge in [0.2, 0.25) is 0 Å². The molecule has 0 spiro atoms. The molecule has 0 unspecified atom stereocenters.